The van der Waals surface area contributed by atoms with Crippen LogP contribution in [0.2, 0.25) is 0 Å². The first kappa shape index (κ1) is 17.7. The molecule has 2 heterocycles. The number of amides is 1. The first-order valence-electron chi connectivity index (χ1n) is 9.04. The highest BCUT2D eigenvalue weighted by Gasteiger charge is 2.24. The third-order valence-electron chi connectivity index (χ3n) is 5.19. The van der Waals surface area contributed by atoms with Gasteiger partial charge in [0.15, 0.2) is 0 Å². The highest BCUT2D eigenvalue weighted by molar-refractivity contribution is 5.83. The number of hydrogen-bond donors (Lipinski definition) is 1. The van der Waals surface area contributed by atoms with Crippen molar-refractivity contribution in [2.24, 2.45) is 0 Å². The summed E-state index contributed by atoms with van der Waals surface area (Å²) in [7, 11) is 0. The zero-order chi connectivity index (χ0) is 17.8. The van der Waals surface area contributed by atoms with Crippen LogP contribution in [-0.2, 0) is 11.3 Å². The van der Waals surface area contributed by atoms with Gasteiger partial charge in [-0.2, -0.15) is 0 Å². The molecule has 1 fully saturated rings. The molecule has 2 aromatic rings. The summed E-state index contributed by atoms with van der Waals surface area (Å²) in [4.78, 5) is 14.9. The van der Waals surface area contributed by atoms with Crippen LogP contribution in [0.15, 0.2) is 34.9 Å². The second-order valence-electron chi connectivity index (χ2n) is 6.99. The molecule has 1 saturated heterocycles. The molecule has 5 nitrogen and oxygen atoms in total. The molecule has 0 radical (unpaired) electrons. The van der Waals surface area contributed by atoms with E-state index in [4.69, 9.17) is 4.52 Å². The van der Waals surface area contributed by atoms with Crippen LogP contribution in [0.3, 0.4) is 0 Å². The molecule has 1 N–H and O–H groups in total. The smallest absolute Gasteiger partial charge is 0.227 e. The van der Waals surface area contributed by atoms with Crippen LogP contribution in [0, 0.1) is 13.8 Å². The maximum atomic E-state index is 12.5. The van der Waals surface area contributed by atoms with Crippen molar-refractivity contribution in [3.05, 3.63) is 52.9 Å². The normalized spacial score (nSPS) is 17.4. The molecule has 5 heteroatoms. The fraction of sp³-hybridized carbons (Fsp3) is 0.500. The molecule has 1 amide bonds. The molecule has 0 spiro atoms. The van der Waals surface area contributed by atoms with Crippen molar-refractivity contribution >= 4 is 5.91 Å². The molecule has 1 atom stereocenters. The number of aromatic nitrogens is 1. The maximum Gasteiger partial charge on any atom is 0.227 e. The van der Waals surface area contributed by atoms with E-state index < -0.39 is 0 Å². The van der Waals surface area contributed by atoms with Gasteiger partial charge in [0.2, 0.25) is 5.91 Å². The molecule has 1 aliphatic heterocycles. The number of rotatable bonds is 5. The lowest BCUT2D eigenvalue weighted by Crippen LogP contribution is -2.45. The molecule has 3 rings (SSSR count). The van der Waals surface area contributed by atoms with Gasteiger partial charge in [-0.1, -0.05) is 35.5 Å². The average molecular weight is 341 g/mol. The Bertz CT molecular complexity index is 683. The Hall–Kier alpha value is -2.14. The monoisotopic (exact) mass is 341 g/mol. The predicted octanol–water partition coefficient (Wildman–Crippen LogP) is 3.18. The molecule has 0 bridgehead atoms. The van der Waals surface area contributed by atoms with Gasteiger partial charge < -0.3 is 9.84 Å². The van der Waals surface area contributed by atoms with Crippen LogP contribution >= 0.6 is 0 Å². The van der Waals surface area contributed by atoms with Crippen molar-refractivity contribution in [1.29, 1.82) is 0 Å². The van der Waals surface area contributed by atoms with Gasteiger partial charge in [-0.25, -0.2) is 0 Å². The molecular formula is C20H27N3O2. The van der Waals surface area contributed by atoms with E-state index in [0.717, 1.165) is 49.5 Å². The summed E-state index contributed by atoms with van der Waals surface area (Å²) in [5.74, 6) is 0.918. The summed E-state index contributed by atoms with van der Waals surface area (Å²) in [6.45, 7) is 8.76. The van der Waals surface area contributed by atoms with E-state index in [0.29, 0.717) is 0 Å². The van der Waals surface area contributed by atoms with E-state index in [1.54, 1.807) is 0 Å². The zero-order valence-electron chi connectivity index (χ0n) is 15.3. The van der Waals surface area contributed by atoms with Crippen LogP contribution in [0.25, 0.3) is 0 Å². The molecule has 0 unspecified atom stereocenters. The number of hydrogen-bond acceptors (Lipinski definition) is 4. The fourth-order valence-electron chi connectivity index (χ4n) is 3.41. The van der Waals surface area contributed by atoms with Crippen LogP contribution in [0.5, 0.6) is 0 Å². The van der Waals surface area contributed by atoms with Gasteiger partial charge in [-0.3, -0.25) is 9.69 Å². The fourth-order valence-corrected chi connectivity index (χ4v) is 3.41. The molecule has 0 saturated carbocycles. The number of benzene rings is 1. The third-order valence-corrected chi connectivity index (χ3v) is 5.19. The van der Waals surface area contributed by atoms with Crippen molar-refractivity contribution in [2.75, 3.05) is 13.1 Å². The predicted molar refractivity (Wildman–Crippen MR) is 97.3 cm³/mol. The van der Waals surface area contributed by atoms with Gasteiger partial charge in [0.25, 0.3) is 0 Å². The number of carbonyl (C=O) groups is 1. The summed E-state index contributed by atoms with van der Waals surface area (Å²) >= 11 is 0. The number of aryl methyl sites for hydroxylation is 2. The Balaban J connectivity index is 1.48. The Morgan fingerprint density at radius 2 is 1.96 bits per heavy atom. The minimum atomic E-state index is -0.110. The Morgan fingerprint density at radius 1 is 1.28 bits per heavy atom. The van der Waals surface area contributed by atoms with Crippen LogP contribution < -0.4 is 5.32 Å². The quantitative estimate of drug-likeness (QED) is 0.907. The second kappa shape index (κ2) is 7.83. The zero-order valence-corrected chi connectivity index (χ0v) is 15.3. The van der Waals surface area contributed by atoms with Crippen molar-refractivity contribution < 1.29 is 9.32 Å². The maximum absolute atomic E-state index is 12.5. The first-order valence-corrected chi connectivity index (χ1v) is 9.04. The summed E-state index contributed by atoms with van der Waals surface area (Å²) in [5.41, 5.74) is 3.24. The Labute approximate surface area is 149 Å². The number of carbonyl (C=O) groups excluding carboxylic acids is 1. The molecule has 25 heavy (non-hydrogen) atoms. The van der Waals surface area contributed by atoms with Crippen molar-refractivity contribution in [2.45, 2.75) is 52.1 Å². The summed E-state index contributed by atoms with van der Waals surface area (Å²) in [6.07, 6.45) is 1.97. The largest absolute Gasteiger partial charge is 0.361 e. The van der Waals surface area contributed by atoms with Gasteiger partial charge in [0.1, 0.15) is 5.76 Å². The summed E-state index contributed by atoms with van der Waals surface area (Å²) in [6, 6.07) is 10.2. The van der Waals surface area contributed by atoms with E-state index in [-0.39, 0.29) is 17.9 Å². The van der Waals surface area contributed by atoms with Crippen LogP contribution in [0.4, 0.5) is 0 Å². The minimum absolute atomic E-state index is 0.110. The Morgan fingerprint density at radius 3 is 2.56 bits per heavy atom. The van der Waals surface area contributed by atoms with Gasteiger partial charge >= 0.3 is 0 Å². The average Bonchev–Trinajstić information content (AvgIpc) is 2.95. The van der Waals surface area contributed by atoms with Gasteiger partial charge in [-0.05, 0) is 39.2 Å². The molecule has 1 aliphatic rings. The first-order chi connectivity index (χ1) is 12.0. The highest BCUT2D eigenvalue weighted by atomic mass is 16.5. The standard InChI is InChI=1S/C20H27N3O2/c1-14(17-7-5-4-6-8-17)20(24)21-18-9-11-23(12-10-18)13-19-15(2)22-25-16(19)3/h4-8,14,18H,9-13H2,1-3H3,(H,21,24)/t14-/m0/s1. The van der Waals surface area contributed by atoms with Crippen LogP contribution in [0.1, 0.15) is 48.3 Å². The molecule has 0 aliphatic carbocycles. The van der Waals surface area contributed by atoms with E-state index in [2.05, 4.69) is 15.4 Å². The highest BCUT2D eigenvalue weighted by Crippen LogP contribution is 2.20. The van der Waals surface area contributed by atoms with Gasteiger partial charge in [-0.15, -0.1) is 0 Å². The van der Waals surface area contributed by atoms with E-state index in [1.807, 2.05) is 51.1 Å². The lowest BCUT2D eigenvalue weighted by molar-refractivity contribution is -0.123. The van der Waals surface area contributed by atoms with E-state index in [1.165, 1.54) is 5.56 Å². The summed E-state index contributed by atoms with van der Waals surface area (Å²) < 4.78 is 5.25. The molecule has 1 aromatic carbocycles. The van der Waals surface area contributed by atoms with E-state index in [9.17, 15) is 4.79 Å². The molecule has 1 aromatic heterocycles. The van der Waals surface area contributed by atoms with Crippen molar-refractivity contribution in [3.63, 3.8) is 0 Å². The molecular weight excluding hydrogens is 314 g/mol. The topological polar surface area (TPSA) is 58.4 Å². The SMILES string of the molecule is Cc1noc(C)c1CN1CCC(NC(=O)[C@@H](C)c2ccccc2)CC1. The minimum Gasteiger partial charge on any atom is -0.361 e. The van der Waals surface area contributed by atoms with Crippen LogP contribution in [-0.4, -0.2) is 35.1 Å². The lowest BCUT2D eigenvalue weighted by atomic mass is 9.98. The molecule has 134 valence electrons. The van der Waals surface area contributed by atoms with Gasteiger partial charge in [0, 0.05) is 31.2 Å². The Kier molecular flexibility index (Phi) is 5.53. The number of likely N-dealkylation sites (tertiary alicyclic amines) is 1. The number of nitrogens with zero attached hydrogens (tertiary/aromatic N) is 2. The van der Waals surface area contributed by atoms with Crippen molar-refractivity contribution in [3.8, 4) is 0 Å². The van der Waals surface area contributed by atoms with E-state index >= 15 is 0 Å². The third kappa shape index (κ3) is 4.28. The summed E-state index contributed by atoms with van der Waals surface area (Å²) in [5, 5.41) is 7.25. The number of nitrogens with one attached hydrogen (secondary N) is 1. The lowest BCUT2D eigenvalue weighted by Gasteiger charge is -2.32. The van der Waals surface area contributed by atoms with Crippen molar-refractivity contribution in [1.82, 2.24) is 15.4 Å². The number of piperidine rings is 1. The second-order valence-corrected chi connectivity index (χ2v) is 6.99. The van der Waals surface area contributed by atoms with Gasteiger partial charge in [0.05, 0.1) is 11.6 Å².